The highest BCUT2D eigenvalue weighted by Gasteiger charge is 2.22. The van der Waals surface area contributed by atoms with Gasteiger partial charge in [0.25, 0.3) is 0 Å². The summed E-state index contributed by atoms with van der Waals surface area (Å²) in [4.78, 5) is 26.7. The molecule has 31 heavy (non-hydrogen) atoms. The van der Waals surface area contributed by atoms with Gasteiger partial charge in [-0.25, -0.2) is 0 Å². The number of rotatable bonds is 16. The third-order valence-electron chi connectivity index (χ3n) is 5.20. The van der Waals surface area contributed by atoms with Crippen molar-refractivity contribution in [1.82, 2.24) is 15.5 Å². The number of nitrogens with zero attached hydrogens (tertiary/aromatic N) is 1. The Labute approximate surface area is 188 Å². The molecule has 0 bridgehead atoms. The van der Waals surface area contributed by atoms with Gasteiger partial charge >= 0.3 is 0 Å². The van der Waals surface area contributed by atoms with Crippen molar-refractivity contribution in [2.24, 2.45) is 5.92 Å². The van der Waals surface area contributed by atoms with Gasteiger partial charge in [0.1, 0.15) is 0 Å². The first-order chi connectivity index (χ1) is 14.9. The Morgan fingerprint density at radius 2 is 1.68 bits per heavy atom. The standard InChI is InChI=1S/C25H43N3O3/c1-5-15-28(16-6-2)25(31)14-10-13-24(30)27-22(17-20(3)4)23(29)19-26-18-21-11-8-7-9-12-21/h7-9,11-12,20,22-23,26,29H,5-6,10,13-19H2,1-4H3,(H,27,30)/t22-,23+/m0/s1. The van der Waals surface area contributed by atoms with E-state index >= 15 is 0 Å². The lowest BCUT2D eigenvalue weighted by Crippen LogP contribution is -2.48. The lowest BCUT2D eigenvalue weighted by atomic mass is 9.98. The van der Waals surface area contributed by atoms with Crippen molar-refractivity contribution >= 4 is 11.8 Å². The number of carbonyl (C=O) groups excluding carboxylic acids is 2. The molecule has 0 spiro atoms. The third-order valence-corrected chi connectivity index (χ3v) is 5.20. The second-order valence-corrected chi connectivity index (χ2v) is 8.72. The minimum Gasteiger partial charge on any atom is -0.390 e. The summed E-state index contributed by atoms with van der Waals surface area (Å²) < 4.78 is 0. The van der Waals surface area contributed by atoms with Gasteiger partial charge in [0.15, 0.2) is 0 Å². The quantitative estimate of drug-likeness (QED) is 0.373. The van der Waals surface area contributed by atoms with Crippen molar-refractivity contribution in [3.05, 3.63) is 35.9 Å². The summed E-state index contributed by atoms with van der Waals surface area (Å²) in [6, 6.07) is 9.73. The fraction of sp³-hybridized carbons (Fsp3) is 0.680. The average Bonchev–Trinajstić information content (AvgIpc) is 2.73. The van der Waals surface area contributed by atoms with E-state index in [-0.39, 0.29) is 17.9 Å². The first-order valence-corrected chi connectivity index (χ1v) is 11.9. The predicted molar refractivity (Wildman–Crippen MR) is 127 cm³/mol. The molecular weight excluding hydrogens is 390 g/mol. The molecule has 1 rings (SSSR count). The van der Waals surface area contributed by atoms with Gasteiger partial charge < -0.3 is 20.6 Å². The Bertz CT molecular complexity index is 616. The van der Waals surface area contributed by atoms with E-state index in [2.05, 4.69) is 38.3 Å². The molecule has 1 aromatic rings. The maximum Gasteiger partial charge on any atom is 0.222 e. The first kappa shape index (κ1) is 27.1. The number of benzene rings is 1. The molecule has 3 N–H and O–H groups in total. The smallest absolute Gasteiger partial charge is 0.222 e. The number of aliphatic hydroxyl groups is 1. The predicted octanol–water partition coefficient (Wildman–Crippen LogP) is 3.49. The SMILES string of the molecule is CCCN(CCC)C(=O)CCCC(=O)N[C@@H](CC(C)C)[C@H](O)CNCc1ccccc1. The molecule has 0 unspecified atom stereocenters. The maximum atomic E-state index is 12.5. The number of carbonyl (C=O) groups is 2. The zero-order chi connectivity index (χ0) is 23.1. The highest BCUT2D eigenvalue weighted by molar-refractivity contribution is 5.79. The molecule has 0 heterocycles. The summed E-state index contributed by atoms with van der Waals surface area (Å²) in [5, 5.41) is 16.9. The van der Waals surface area contributed by atoms with E-state index in [0.29, 0.717) is 44.7 Å². The largest absolute Gasteiger partial charge is 0.390 e. The molecule has 0 aromatic heterocycles. The van der Waals surface area contributed by atoms with Gasteiger partial charge in [-0.3, -0.25) is 9.59 Å². The highest BCUT2D eigenvalue weighted by atomic mass is 16.3. The average molecular weight is 434 g/mol. The summed E-state index contributed by atoms with van der Waals surface area (Å²) in [6.45, 7) is 10.9. The van der Waals surface area contributed by atoms with Gasteiger partial charge in [0.05, 0.1) is 12.1 Å². The summed E-state index contributed by atoms with van der Waals surface area (Å²) in [7, 11) is 0. The van der Waals surface area contributed by atoms with Crippen LogP contribution in [-0.4, -0.2) is 53.6 Å². The zero-order valence-electron chi connectivity index (χ0n) is 19.9. The molecule has 0 fully saturated rings. The van der Waals surface area contributed by atoms with Crippen molar-refractivity contribution in [2.45, 2.75) is 84.9 Å². The van der Waals surface area contributed by atoms with Crippen LogP contribution in [0.25, 0.3) is 0 Å². The van der Waals surface area contributed by atoms with Crippen LogP contribution in [0.1, 0.15) is 71.8 Å². The Morgan fingerprint density at radius 3 is 2.26 bits per heavy atom. The summed E-state index contributed by atoms with van der Waals surface area (Å²) in [5.41, 5.74) is 1.16. The van der Waals surface area contributed by atoms with Crippen LogP contribution in [0.15, 0.2) is 30.3 Å². The molecule has 0 saturated carbocycles. The summed E-state index contributed by atoms with van der Waals surface area (Å²) in [5.74, 6) is 0.380. The molecule has 6 nitrogen and oxygen atoms in total. The van der Waals surface area contributed by atoms with E-state index in [1.54, 1.807) is 0 Å². The second-order valence-electron chi connectivity index (χ2n) is 8.72. The fourth-order valence-electron chi connectivity index (χ4n) is 3.66. The Morgan fingerprint density at radius 1 is 1.03 bits per heavy atom. The molecule has 0 aliphatic heterocycles. The number of hydrogen-bond acceptors (Lipinski definition) is 4. The lowest BCUT2D eigenvalue weighted by molar-refractivity contribution is -0.131. The van der Waals surface area contributed by atoms with Crippen LogP contribution >= 0.6 is 0 Å². The van der Waals surface area contributed by atoms with Crippen LogP contribution < -0.4 is 10.6 Å². The minimum atomic E-state index is -0.665. The number of hydrogen-bond donors (Lipinski definition) is 3. The minimum absolute atomic E-state index is 0.0990. The van der Waals surface area contributed by atoms with E-state index in [0.717, 1.165) is 31.5 Å². The first-order valence-electron chi connectivity index (χ1n) is 11.9. The topological polar surface area (TPSA) is 81.7 Å². The van der Waals surface area contributed by atoms with Crippen LogP contribution in [0.3, 0.4) is 0 Å². The van der Waals surface area contributed by atoms with Gasteiger partial charge in [0, 0.05) is 39.0 Å². The molecule has 0 aliphatic carbocycles. The summed E-state index contributed by atoms with van der Waals surface area (Å²) >= 11 is 0. The van der Waals surface area contributed by atoms with E-state index in [1.165, 1.54) is 0 Å². The van der Waals surface area contributed by atoms with Crippen LogP contribution in [0, 0.1) is 5.92 Å². The molecule has 2 atom stereocenters. The van der Waals surface area contributed by atoms with E-state index in [1.807, 2.05) is 35.2 Å². The van der Waals surface area contributed by atoms with E-state index in [9.17, 15) is 14.7 Å². The van der Waals surface area contributed by atoms with Gasteiger partial charge in [-0.05, 0) is 37.2 Å². The van der Waals surface area contributed by atoms with Crippen LogP contribution in [-0.2, 0) is 16.1 Å². The van der Waals surface area contributed by atoms with Crippen molar-refractivity contribution < 1.29 is 14.7 Å². The van der Waals surface area contributed by atoms with Gasteiger partial charge in [-0.2, -0.15) is 0 Å². The molecule has 176 valence electrons. The normalized spacial score (nSPS) is 13.1. The molecule has 0 saturated heterocycles. The number of aliphatic hydroxyl groups excluding tert-OH is 1. The van der Waals surface area contributed by atoms with Crippen molar-refractivity contribution in [1.29, 1.82) is 0 Å². The Hall–Kier alpha value is -1.92. The fourth-order valence-corrected chi connectivity index (χ4v) is 3.66. The molecule has 6 heteroatoms. The lowest BCUT2D eigenvalue weighted by Gasteiger charge is -2.26. The van der Waals surface area contributed by atoms with Gasteiger partial charge in [-0.15, -0.1) is 0 Å². The summed E-state index contributed by atoms with van der Waals surface area (Å²) in [6.07, 6.45) is 3.16. The third kappa shape index (κ3) is 11.9. The van der Waals surface area contributed by atoms with E-state index < -0.39 is 6.10 Å². The monoisotopic (exact) mass is 433 g/mol. The highest BCUT2D eigenvalue weighted by Crippen LogP contribution is 2.10. The Kier molecular flexibility index (Phi) is 13.8. The van der Waals surface area contributed by atoms with Gasteiger partial charge in [0.2, 0.25) is 11.8 Å². The zero-order valence-corrected chi connectivity index (χ0v) is 19.9. The maximum absolute atomic E-state index is 12.5. The molecule has 1 aromatic carbocycles. The van der Waals surface area contributed by atoms with E-state index in [4.69, 9.17) is 0 Å². The van der Waals surface area contributed by atoms with Crippen molar-refractivity contribution in [3.63, 3.8) is 0 Å². The molecular formula is C25H43N3O3. The van der Waals surface area contributed by atoms with Crippen LogP contribution in [0.4, 0.5) is 0 Å². The molecule has 2 amide bonds. The van der Waals surface area contributed by atoms with Crippen molar-refractivity contribution in [2.75, 3.05) is 19.6 Å². The van der Waals surface area contributed by atoms with Crippen LogP contribution in [0.5, 0.6) is 0 Å². The second kappa shape index (κ2) is 15.8. The Balaban J connectivity index is 2.44. The van der Waals surface area contributed by atoms with Crippen molar-refractivity contribution in [3.8, 4) is 0 Å². The number of nitrogens with one attached hydrogen (secondary N) is 2. The van der Waals surface area contributed by atoms with Crippen LogP contribution in [0.2, 0.25) is 0 Å². The van der Waals surface area contributed by atoms with Gasteiger partial charge in [-0.1, -0.05) is 58.0 Å². The molecule has 0 aliphatic rings. The number of amides is 2. The molecule has 0 radical (unpaired) electrons.